The van der Waals surface area contributed by atoms with Crippen LogP contribution in [0.25, 0.3) is 10.2 Å². The highest BCUT2D eigenvalue weighted by molar-refractivity contribution is 7.18. The second-order valence-electron chi connectivity index (χ2n) is 6.00. The maximum Gasteiger partial charge on any atom is 0.321 e. The topological polar surface area (TPSA) is 74.3 Å². The molecule has 128 valence electrons. The summed E-state index contributed by atoms with van der Waals surface area (Å²) in [5.74, 6) is 0.0966. The maximum absolute atomic E-state index is 12.0. The third-order valence-electron chi connectivity index (χ3n) is 4.12. The number of amides is 3. The van der Waals surface area contributed by atoms with Gasteiger partial charge < -0.3 is 5.32 Å². The highest BCUT2D eigenvalue weighted by Crippen LogP contribution is 2.32. The number of nitrogens with one attached hydrogen (secondary N) is 2. The lowest BCUT2D eigenvalue weighted by atomic mass is 9.99. The Labute approximate surface area is 145 Å². The van der Waals surface area contributed by atoms with Gasteiger partial charge in [-0.1, -0.05) is 12.1 Å². The van der Waals surface area contributed by atoms with E-state index in [9.17, 15) is 9.59 Å². The Balaban J connectivity index is 1.59. The molecule has 2 N–H and O–H groups in total. The average Bonchev–Trinajstić information content (AvgIpc) is 2.99. The summed E-state index contributed by atoms with van der Waals surface area (Å²) in [6.07, 6.45) is 2.13. The number of piperidine rings is 1. The van der Waals surface area contributed by atoms with Crippen LogP contribution in [0.5, 0.6) is 0 Å². The summed E-state index contributed by atoms with van der Waals surface area (Å²) in [7, 11) is 0. The first-order chi connectivity index (χ1) is 11.7. The van der Waals surface area contributed by atoms with Gasteiger partial charge in [-0.05, 0) is 38.4 Å². The summed E-state index contributed by atoms with van der Waals surface area (Å²) in [6.45, 7) is 4.26. The van der Waals surface area contributed by atoms with Crippen LogP contribution in [0.4, 0.5) is 4.79 Å². The smallest absolute Gasteiger partial charge is 0.321 e. The van der Waals surface area contributed by atoms with Crippen molar-refractivity contribution in [3.05, 3.63) is 29.3 Å². The monoisotopic (exact) mass is 346 g/mol. The molecule has 6 nitrogen and oxygen atoms in total. The number of thiazole rings is 1. The Morgan fingerprint density at radius 1 is 1.38 bits per heavy atom. The van der Waals surface area contributed by atoms with Gasteiger partial charge >= 0.3 is 6.03 Å². The highest BCUT2D eigenvalue weighted by atomic mass is 32.1. The summed E-state index contributed by atoms with van der Waals surface area (Å²) in [5.41, 5.74) is 1.05. The molecular weight excluding hydrogens is 324 g/mol. The van der Waals surface area contributed by atoms with Crippen molar-refractivity contribution in [2.75, 3.05) is 26.2 Å². The van der Waals surface area contributed by atoms with Crippen molar-refractivity contribution in [2.45, 2.75) is 25.7 Å². The van der Waals surface area contributed by atoms with Gasteiger partial charge in [0, 0.05) is 19.0 Å². The van der Waals surface area contributed by atoms with E-state index in [2.05, 4.69) is 21.6 Å². The van der Waals surface area contributed by atoms with E-state index < -0.39 is 6.03 Å². The van der Waals surface area contributed by atoms with E-state index in [4.69, 9.17) is 4.98 Å². The first kappa shape index (κ1) is 16.9. The van der Waals surface area contributed by atoms with Crippen molar-refractivity contribution in [1.29, 1.82) is 0 Å². The fourth-order valence-corrected chi connectivity index (χ4v) is 4.13. The molecule has 1 saturated heterocycles. The Bertz CT molecular complexity index is 697. The third kappa shape index (κ3) is 4.10. The molecule has 1 atom stereocenters. The number of hydrogen-bond acceptors (Lipinski definition) is 5. The van der Waals surface area contributed by atoms with Crippen molar-refractivity contribution >= 4 is 33.5 Å². The number of carbonyl (C=O) groups is 2. The lowest BCUT2D eigenvalue weighted by molar-refractivity contribution is -0.121. The van der Waals surface area contributed by atoms with E-state index >= 15 is 0 Å². The minimum absolute atomic E-state index is 0.249. The van der Waals surface area contributed by atoms with Gasteiger partial charge in [-0.15, -0.1) is 11.3 Å². The quantitative estimate of drug-likeness (QED) is 0.891. The molecule has 2 aromatic rings. The number of benzene rings is 1. The van der Waals surface area contributed by atoms with Gasteiger partial charge in [0.25, 0.3) is 0 Å². The molecular formula is C17H22N4O2S. The molecule has 3 rings (SSSR count). The molecule has 0 aliphatic carbocycles. The van der Waals surface area contributed by atoms with Crippen LogP contribution in [0.15, 0.2) is 24.3 Å². The zero-order valence-corrected chi connectivity index (χ0v) is 14.6. The van der Waals surface area contributed by atoms with Gasteiger partial charge in [0.15, 0.2) is 0 Å². The van der Waals surface area contributed by atoms with Crippen LogP contribution in [0, 0.1) is 0 Å². The zero-order valence-electron chi connectivity index (χ0n) is 13.7. The van der Waals surface area contributed by atoms with Crippen LogP contribution in [-0.2, 0) is 4.79 Å². The normalized spacial score (nSPS) is 18.5. The Morgan fingerprint density at radius 2 is 2.21 bits per heavy atom. The maximum atomic E-state index is 12.0. The van der Waals surface area contributed by atoms with Gasteiger partial charge in [0.05, 0.1) is 21.8 Å². The number of nitrogens with zero attached hydrogens (tertiary/aromatic N) is 2. The second kappa shape index (κ2) is 7.72. The predicted molar refractivity (Wildman–Crippen MR) is 95.3 cm³/mol. The van der Waals surface area contributed by atoms with Gasteiger partial charge in [-0.3, -0.25) is 15.0 Å². The average molecular weight is 346 g/mol. The van der Waals surface area contributed by atoms with E-state index in [1.54, 1.807) is 11.3 Å². The number of urea groups is 1. The van der Waals surface area contributed by atoms with Crippen molar-refractivity contribution < 1.29 is 9.59 Å². The van der Waals surface area contributed by atoms with E-state index in [0.717, 1.165) is 36.5 Å². The molecule has 1 aliphatic heterocycles. The molecule has 1 fully saturated rings. The fraction of sp³-hybridized carbons (Fsp3) is 0.471. The van der Waals surface area contributed by atoms with Crippen LogP contribution in [-0.4, -0.2) is 48.0 Å². The van der Waals surface area contributed by atoms with Gasteiger partial charge in [-0.25, -0.2) is 9.78 Å². The number of carbonyl (C=O) groups excluding carboxylic acids is 2. The number of para-hydroxylation sites is 1. The van der Waals surface area contributed by atoms with Crippen LogP contribution < -0.4 is 10.6 Å². The molecule has 3 amide bonds. The minimum Gasteiger partial charge on any atom is -0.338 e. The predicted octanol–water partition coefficient (Wildman–Crippen LogP) is 2.32. The molecule has 0 unspecified atom stereocenters. The first-order valence-electron chi connectivity index (χ1n) is 8.31. The number of aromatic nitrogens is 1. The molecule has 1 aromatic carbocycles. The molecule has 1 aromatic heterocycles. The lowest BCUT2D eigenvalue weighted by Gasteiger charge is -2.31. The molecule has 0 bridgehead atoms. The standard InChI is InChI=1S/C17H22N4O2S/c1-2-18-17(23)20-15(22)11-21-9-5-6-12(10-21)16-19-13-7-3-4-8-14(13)24-16/h3-4,7-8,12H,2,5-6,9-11H2,1H3,(H2,18,20,22,23)/t12-/m0/s1. The Kier molecular flexibility index (Phi) is 5.42. The van der Waals surface area contributed by atoms with Crippen molar-refractivity contribution in [2.24, 2.45) is 0 Å². The SMILES string of the molecule is CCNC(=O)NC(=O)CN1CCC[C@H](c2nc3ccccc3s2)C1. The number of likely N-dealkylation sites (tertiary alicyclic amines) is 1. The van der Waals surface area contributed by atoms with Crippen molar-refractivity contribution in [3.63, 3.8) is 0 Å². The van der Waals surface area contributed by atoms with E-state index in [1.165, 1.54) is 4.70 Å². The fourth-order valence-electron chi connectivity index (χ4n) is 3.04. The van der Waals surface area contributed by atoms with E-state index in [1.807, 2.05) is 25.1 Å². The molecule has 24 heavy (non-hydrogen) atoms. The molecule has 1 aliphatic rings. The number of imide groups is 1. The summed E-state index contributed by atoms with van der Waals surface area (Å²) >= 11 is 1.74. The minimum atomic E-state index is -0.428. The summed E-state index contributed by atoms with van der Waals surface area (Å²) in [6, 6.07) is 7.74. The number of rotatable bonds is 4. The Morgan fingerprint density at radius 3 is 3.00 bits per heavy atom. The Hall–Kier alpha value is -1.99. The highest BCUT2D eigenvalue weighted by Gasteiger charge is 2.25. The second-order valence-corrected chi connectivity index (χ2v) is 7.06. The van der Waals surface area contributed by atoms with Crippen LogP contribution in [0.1, 0.15) is 30.7 Å². The van der Waals surface area contributed by atoms with Crippen LogP contribution in [0.3, 0.4) is 0 Å². The van der Waals surface area contributed by atoms with Crippen LogP contribution >= 0.6 is 11.3 Å². The number of fused-ring (bicyclic) bond motifs is 1. The first-order valence-corrected chi connectivity index (χ1v) is 9.13. The molecule has 0 saturated carbocycles. The molecule has 0 radical (unpaired) electrons. The largest absolute Gasteiger partial charge is 0.338 e. The van der Waals surface area contributed by atoms with Gasteiger partial charge in [0.1, 0.15) is 0 Å². The van der Waals surface area contributed by atoms with Crippen molar-refractivity contribution in [1.82, 2.24) is 20.5 Å². The third-order valence-corrected chi connectivity index (χ3v) is 5.32. The van der Waals surface area contributed by atoms with Crippen molar-refractivity contribution in [3.8, 4) is 0 Å². The van der Waals surface area contributed by atoms with E-state index in [0.29, 0.717) is 12.5 Å². The number of hydrogen-bond donors (Lipinski definition) is 2. The molecule has 7 heteroatoms. The van der Waals surface area contributed by atoms with Gasteiger partial charge in [-0.2, -0.15) is 0 Å². The lowest BCUT2D eigenvalue weighted by Crippen LogP contribution is -2.46. The van der Waals surface area contributed by atoms with Crippen LogP contribution in [0.2, 0.25) is 0 Å². The summed E-state index contributed by atoms with van der Waals surface area (Å²) < 4.78 is 1.21. The van der Waals surface area contributed by atoms with Gasteiger partial charge in [0.2, 0.25) is 5.91 Å². The molecule has 2 heterocycles. The zero-order chi connectivity index (χ0) is 16.9. The van der Waals surface area contributed by atoms with E-state index in [-0.39, 0.29) is 12.5 Å². The molecule has 0 spiro atoms. The summed E-state index contributed by atoms with van der Waals surface area (Å²) in [4.78, 5) is 30.2. The summed E-state index contributed by atoms with van der Waals surface area (Å²) in [5, 5.41) is 6.07.